The lowest BCUT2D eigenvalue weighted by atomic mass is 10.1. The number of nitrogens with one attached hydrogen (secondary N) is 1. The van der Waals surface area contributed by atoms with E-state index in [1.165, 1.54) is 23.1 Å². The molecule has 4 rings (SSSR count). The number of amides is 2. The highest BCUT2D eigenvalue weighted by Crippen LogP contribution is 2.25. The van der Waals surface area contributed by atoms with Crippen LogP contribution in [0.1, 0.15) is 43.7 Å². The number of carbonyl (C=O) groups excluding carboxylic acids is 2. The molecule has 1 atom stereocenters. The van der Waals surface area contributed by atoms with E-state index in [2.05, 4.69) is 5.32 Å². The summed E-state index contributed by atoms with van der Waals surface area (Å²) in [5.41, 5.74) is 1.48. The number of aryl methyl sites for hydroxylation is 1. The van der Waals surface area contributed by atoms with Crippen LogP contribution < -0.4 is 9.62 Å². The van der Waals surface area contributed by atoms with Crippen LogP contribution >= 0.6 is 0 Å². The number of nitrogens with zero attached hydrogens (tertiary/aromatic N) is 2. The van der Waals surface area contributed by atoms with Gasteiger partial charge in [-0.25, -0.2) is 12.8 Å². The van der Waals surface area contributed by atoms with Crippen molar-refractivity contribution in [1.82, 2.24) is 10.2 Å². The number of rotatable bonds is 10. The summed E-state index contributed by atoms with van der Waals surface area (Å²) in [5.74, 6) is -1.47. The van der Waals surface area contributed by atoms with Crippen molar-refractivity contribution < 1.29 is 22.4 Å². The molecule has 3 aromatic carbocycles. The molecule has 39 heavy (non-hydrogen) atoms. The van der Waals surface area contributed by atoms with Gasteiger partial charge in [-0.05, 0) is 57.0 Å². The molecule has 7 nitrogen and oxygen atoms in total. The molecule has 1 saturated carbocycles. The normalized spacial score (nSPS) is 14.5. The number of halogens is 1. The van der Waals surface area contributed by atoms with Gasteiger partial charge in [0.15, 0.2) is 0 Å². The van der Waals surface area contributed by atoms with Gasteiger partial charge in [-0.3, -0.25) is 13.9 Å². The molecule has 0 saturated heterocycles. The quantitative estimate of drug-likeness (QED) is 0.392. The fraction of sp³-hybridized carbons (Fsp3) is 0.333. The van der Waals surface area contributed by atoms with Crippen LogP contribution in [0.15, 0.2) is 83.8 Å². The van der Waals surface area contributed by atoms with Crippen molar-refractivity contribution in [3.63, 3.8) is 0 Å². The minimum Gasteiger partial charge on any atom is -0.352 e. The Labute approximate surface area is 229 Å². The van der Waals surface area contributed by atoms with E-state index >= 15 is 0 Å². The lowest BCUT2D eigenvalue weighted by Gasteiger charge is -2.32. The molecule has 1 aliphatic carbocycles. The van der Waals surface area contributed by atoms with Crippen LogP contribution in [-0.2, 0) is 26.2 Å². The minimum absolute atomic E-state index is 0.0334. The van der Waals surface area contributed by atoms with E-state index in [0.29, 0.717) is 5.69 Å². The van der Waals surface area contributed by atoms with Crippen LogP contribution in [0.4, 0.5) is 10.1 Å². The van der Waals surface area contributed by atoms with Crippen LogP contribution in [-0.4, -0.2) is 43.8 Å². The van der Waals surface area contributed by atoms with Gasteiger partial charge in [0.2, 0.25) is 11.8 Å². The van der Waals surface area contributed by atoms with Crippen LogP contribution in [0.2, 0.25) is 0 Å². The second-order valence-electron chi connectivity index (χ2n) is 9.94. The maximum absolute atomic E-state index is 14.6. The number of hydrogen-bond donors (Lipinski definition) is 1. The van der Waals surface area contributed by atoms with Crippen molar-refractivity contribution in [2.75, 3.05) is 10.8 Å². The van der Waals surface area contributed by atoms with Gasteiger partial charge in [0.1, 0.15) is 18.4 Å². The Hall–Kier alpha value is -3.72. The van der Waals surface area contributed by atoms with Crippen molar-refractivity contribution in [2.45, 2.75) is 63.1 Å². The number of hydrogen-bond acceptors (Lipinski definition) is 4. The zero-order valence-electron chi connectivity index (χ0n) is 22.2. The molecule has 1 N–H and O–H groups in total. The molecule has 0 spiro atoms. The van der Waals surface area contributed by atoms with E-state index in [-0.39, 0.29) is 29.0 Å². The van der Waals surface area contributed by atoms with Gasteiger partial charge in [-0.15, -0.1) is 0 Å². The first-order chi connectivity index (χ1) is 18.7. The highest BCUT2D eigenvalue weighted by atomic mass is 32.2. The van der Waals surface area contributed by atoms with E-state index < -0.39 is 34.3 Å². The Balaban J connectivity index is 1.68. The fourth-order valence-electron chi connectivity index (χ4n) is 4.74. The van der Waals surface area contributed by atoms with Crippen molar-refractivity contribution >= 4 is 27.5 Å². The topological polar surface area (TPSA) is 86.8 Å². The van der Waals surface area contributed by atoms with E-state index in [1.807, 2.05) is 6.92 Å². The summed E-state index contributed by atoms with van der Waals surface area (Å²) >= 11 is 0. The third kappa shape index (κ3) is 6.84. The Kier molecular flexibility index (Phi) is 9.01. The molecule has 3 aromatic rings. The number of carbonyl (C=O) groups is 2. The average molecular weight is 552 g/mol. The first kappa shape index (κ1) is 28.3. The monoisotopic (exact) mass is 551 g/mol. The minimum atomic E-state index is -4.13. The summed E-state index contributed by atoms with van der Waals surface area (Å²) < 4.78 is 43.2. The molecule has 0 bridgehead atoms. The molecule has 1 unspecified atom stereocenters. The molecule has 0 aliphatic heterocycles. The Morgan fingerprint density at radius 1 is 0.949 bits per heavy atom. The van der Waals surface area contributed by atoms with Crippen LogP contribution in [0.25, 0.3) is 0 Å². The fourth-order valence-corrected chi connectivity index (χ4v) is 6.18. The smallest absolute Gasteiger partial charge is 0.264 e. The Bertz CT molecular complexity index is 1390. The first-order valence-electron chi connectivity index (χ1n) is 13.1. The maximum atomic E-state index is 14.6. The number of sulfonamides is 1. The van der Waals surface area contributed by atoms with Crippen molar-refractivity contribution in [3.05, 3.63) is 95.8 Å². The molecular formula is C30H34FN3O4S. The summed E-state index contributed by atoms with van der Waals surface area (Å²) in [4.78, 5) is 28.4. The summed E-state index contributed by atoms with van der Waals surface area (Å²) in [6.45, 7) is 2.73. The highest BCUT2D eigenvalue weighted by molar-refractivity contribution is 7.92. The summed E-state index contributed by atoms with van der Waals surface area (Å²) in [5, 5.41) is 3.00. The average Bonchev–Trinajstić information content (AvgIpc) is 3.45. The van der Waals surface area contributed by atoms with Gasteiger partial charge < -0.3 is 10.2 Å². The van der Waals surface area contributed by atoms with Gasteiger partial charge in [0, 0.05) is 18.2 Å². The van der Waals surface area contributed by atoms with E-state index in [9.17, 15) is 22.4 Å². The van der Waals surface area contributed by atoms with Gasteiger partial charge in [0.05, 0.1) is 10.6 Å². The Morgan fingerprint density at radius 3 is 2.21 bits per heavy atom. The van der Waals surface area contributed by atoms with E-state index in [1.54, 1.807) is 67.6 Å². The van der Waals surface area contributed by atoms with Gasteiger partial charge in [0.25, 0.3) is 10.0 Å². The Morgan fingerprint density at radius 2 is 1.56 bits per heavy atom. The second kappa shape index (κ2) is 12.4. The molecular weight excluding hydrogens is 517 g/mol. The summed E-state index contributed by atoms with van der Waals surface area (Å²) in [7, 11) is -4.13. The largest absolute Gasteiger partial charge is 0.352 e. The van der Waals surface area contributed by atoms with Crippen molar-refractivity contribution in [1.29, 1.82) is 0 Å². The van der Waals surface area contributed by atoms with Crippen LogP contribution in [0.5, 0.6) is 0 Å². The molecule has 206 valence electrons. The van der Waals surface area contributed by atoms with Crippen molar-refractivity contribution in [3.8, 4) is 0 Å². The molecule has 9 heteroatoms. The zero-order valence-corrected chi connectivity index (χ0v) is 23.0. The van der Waals surface area contributed by atoms with Gasteiger partial charge in [-0.1, -0.05) is 66.9 Å². The molecule has 0 radical (unpaired) electrons. The SMILES string of the molecule is Cc1ccc(N(CC(=O)N(Cc2ccccc2F)C(C)C(=O)NC2CCCC2)S(=O)(=O)c2ccccc2)cc1. The third-order valence-electron chi connectivity index (χ3n) is 7.10. The second-order valence-corrected chi connectivity index (χ2v) is 11.8. The molecule has 2 amide bonds. The van der Waals surface area contributed by atoms with E-state index in [4.69, 9.17) is 0 Å². The van der Waals surface area contributed by atoms with Crippen LogP contribution in [0, 0.1) is 12.7 Å². The standard InChI is InChI=1S/C30H34FN3O4S/c1-22-16-18-26(19-17-22)34(39(37,38)27-13-4-3-5-14-27)21-29(35)33(20-24-10-6-9-15-28(24)31)23(2)30(36)32-25-11-7-8-12-25/h3-6,9-10,13-19,23,25H,7-8,11-12,20-21H2,1-2H3,(H,32,36). The number of anilines is 1. The maximum Gasteiger partial charge on any atom is 0.264 e. The van der Waals surface area contributed by atoms with Gasteiger partial charge >= 0.3 is 0 Å². The molecule has 1 fully saturated rings. The predicted molar refractivity (Wildman–Crippen MR) is 149 cm³/mol. The predicted octanol–water partition coefficient (Wildman–Crippen LogP) is 4.81. The van der Waals surface area contributed by atoms with Crippen molar-refractivity contribution in [2.24, 2.45) is 0 Å². The molecule has 0 heterocycles. The zero-order chi connectivity index (χ0) is 28.0. The molecule has 0 aromatic heterocycles. The highest BCUT2D eigenvalue weighted by Gasteiger charge is 2.33. The summed E-state index contributed by atoms with van der Waals surface area (Å²) in [6.07, 6.45) is 3.80. The van der Waals surface area contributed by atoms with E-state index in [0.717, 1.165) is 35.6 Å². The van der Waals surface area contributed by atoms with Crippen LogP contribution in [0.3, 0.4) is 0 Å². The lowest BCUT2D eigenvalue weighted by Crippen LogP contribution is -2.52. The number of benzene rings is 3. The summed E-state index contributed by atoms with van der Waals surface area (Å²) in [6, 6.07) is 19.8. The lowest BCUT2D eigenvalue weighted by molar-refractivity contribution is -0.139. The van der Waals surface area contributed by atoms with Gasteiger partial charge in [-0.2, -0.15) is 0 Å². The first-order valence-corrected chi connectivity index (χ1v) is 14.6. The molecule has 1 aliphatic rings. The third-order valence-corrected chi connectivity index (χ3v) is 8.89.